The maximum absolute atomic E-state index is 2.45. The van der Waals surface area contributed by atoms with E-state index in [-0.39, 0.29) is 0 Å². The van der Waals surface area contributed by atoms with Crippen molar-refractivity contribution >= 4 is 8.80 Å². The monoisotopic (exact) mass is 166 g/mol. The number of hydrogen-bond donors (Lipinski definition) is 0. The fourth-order valence-electron chi connectivity index (χ4n) is 1.74. The molecule has 0 amide bonds. The smallest absolute Gasteiger partial charge is 0.0646 e. The van der Waals surface area contributed by atoms with Gasteiger partial charge in [0.15, 0.2) is 0 Å². The van der Waals surface area contributed by atoms with Crippen LogP contribution in [0.5, 0.6) is 0 Å². The largest absolute Gasteiger partial charge is 0.0787 e. The van der Waals surface area contributed by atoms with Gasteiger partial charge in [0, 0.05) is 0 Å². The van der Waals surface area contributed by atoms with Crippen LogP contribution in [0.3, 0.4) is 0 Å². The van der Waals surface area contributed by atoms with E-state index in [4.69, 9.17) is 0 Å². The van der Waals surface area contributed by atoms with Crippen LogP contribution in [0.15, 0.2) is 22.9 Å². The standard InChI is InChI=1S/C10H18Si/c1-5-9-6-8(2)7-10(9)11(3)4/h6-8,11H,5H2,1-4H3. The third-order valence-corrected chi connectivity index (χ3v) is 4.09. The van der Waals surface area contributed by atoms with Gasteiger partial charge in [-0.15, -0.1) is 0 Å². The van der Waals surface area contributed by atoms with Crippen LogP contribution >= 0.6 is 0 Å². The number of rotatable bonds is 2. The summed E-state index contributed by atoms with van der Waals surface area (Å²) in [5.74, 6) is 0.704. The van der Waals surface area contributed by atoms with Gasteiger partial charge in [0.05, 0.1) is 8.80 Å². The van der Waals surface area contributed by atoms with E-state index in [1.165, 1.54) is 6.42 Å². The van der Waals surface area contributed by atoms with Crippen molar-refractivity contribution in [3.63, 3.8) is 0 Å². The van der Waals surface area contributed by atoms with Gasteiger partial charge in [-0.3, -0.25) is 0 Å². The van der Waals surface area contributed by atoms with Gasteiger partial charge in [-0.1, -0.05) is 49.9 Å². The molecule has 0 nitrogen and oxygen atoms in total. The van der Waals surface area contributed by atoms with Crippen molar-refractivity contribution in [2.45, 2.75) is 33.4 Å². The van der Waals surface area contributed by atoms with Crippen LogP contribution < -0.4 is 0 Å². The summed E-state index contributed by atoms with van der Waals surface area (Å²) in [5.41, 5.74) is 1.62. The molecule has 0 radical (unpaired) electrons. The van der Waals surface area contributed by atoms with E-state index in [0.29, 0.717) is 5.92 Å². The minimum absolute atomic E-state index is 0.544. The molecule has 1 atom stereocenters. The molecule has 0 aliphatic heterocycles. The summed E-state index contributed by atoms with van der Waals surface area (Å²) in [6.45, 7) is 9.36. The average molecular weight is 166 g/mol. The van der Waals surface area contributed by atoms with Gasteiger partial charge in [0.25, 0.3) is 0 Å². The van der Waals surface area contributed by atoms with Crippen LogP contribution in [0, 0.1) is 5.92 Å². The van der Waals surface area contributed by atoms with Crippen LogP contribution in [0.4, 0.5) is 0 Å². The van der Waals surface area contributed by atoms with Crippen molar-refractivity contribution in [1.29, 1.82) is 0 Å². The molecule has 0 aromatic rings. The Kier molecular flexibility index (Phi) is 2.71. The lowest BCUT2D eigenvalue weighted by molar-refractivity contribution is 0.949. The molecule has 0 saturated carbocycles. The van der Waals surface area contributed by atoms with Gasteiger partial charge >= 0.3 is 0 Å². The zero-order valence-corrected chi connectivity index (χ0v) is 9.17. The Morgan fingerprint density at radius 3 is 2.36 bits per heavy atom. The highest BCUT2D eigenvalue weighted by Gasteiger charge is 2.15. The summed E-state index contributed by atoms with van der Waals surface area (Å²) in [7, 11) is -0.544. The summed E-state index contributed by atoms with van der Waals surface area (Å²) in [6, 6.07) is 0. The molecule has 11 heavy (non-hydrogen) atoms. The third-order valence-electron chi connectivity index (χ3n) is 2.28. The van der Waals surface area contributed by atoms with E-state index in [1.807, 2.05) is 0 Å². The fraction of sp³-hybridized carbons (Fsp3) is 0.600. The molecule has 1 rings (SSSR count). The Bertz CT molecular complexity index is 199. The third kappa shape index (κ3) is 1.83. The van der Waals surface area contributed by atoms with E-state index in [2.05, 4.69) is 39.1 Å². The molecule has 1 aliphatic carbocycles. The van der Waals surface area contributed by atoms with E-state index >= 15 is 0 Å². The molecule has 0 spiro atoms. The first-order valence-corrected chi connectivity index (χ1v) is 7.46. The number of allylic oxidation sites excluding steroid dienone is 4. The molecule has 1 heteroatoms. The van der Waals surface area contributed by atoms with E-state index in [0.717, 1.165) is 0 Å². The lowest BCUT2D eigenvalue weighted by Gasteiger charge is -2.08. The van der Waals surface area contributed by atoms with Crippen LogP contribution in [0.2, 0.25) is 13.1 Å². The van der Waals surface area contributed by atoms with Crippen molar-refractivity contribution in [3.8, 4) is 0 Å². The van der Waals surface area contributed by atoms with Gasteiger partial charge in [-0.25, -0.2) is 0 Å². The highest BCUT2D eigenvalue weighted by molar-refractivity contribution is 6.65. The molecule has 1 aliphatic rings. The Hall–Kier alpha value is -0.303. The van der Waals surface area contributed by atoms with Gasteiger partial charge in [0.2, 0.25) is 0 Å². The summed E-state index contributed by atoms with van der Waals surface area (Å²) in [4.78, 5) is 0. The highest BCUT2D eigenvalue weighted by Crippen LogP contribution is 2.27. The lowest BCUT2D eigenvalue weighted by atomic mass is 10.2. The predicted octanol–water partition coefficient (Wildman–Crippen LogP) is 2.92. The fourth-order valence-corrected chi connectivity index (χ4v) is 3.47. The summed E-state index contributed by atoms with van der Waals surface area (Å²) in [5, 5.41) is 1.71. The second-order valence-corrected chi connectivity index (χ2v) is 6.61. The van der Waals surface area contributed by atoms with Crippen molar-refractivity contribution in [2.75, 3.05) is 0 Å². The number of hydrogen-bond acceptors (Lipinski definition) is 0. The quantitative estimate of drug-likeness (QED) is 0.553. The average Bonchev–Trinajstić information content (AvgIpc) is 2.30. The van der Waals surface area contributed by atoms with Gasteiger partial charge in [-0.05, 0) is 12.3 Å². The molecule has 1 unspecified atom stereocenters. The maximum Gasteiger partial charge on any atom is 0.0646 e. The zero-order valence-electron chi connectivity index (χ0n) is 8.02. The minimum atomic E-state index is -0.544. The highest BCUT2D eigenvalue weighted by atomic mass is 28.3. The van der Waals surface area contributed by atoms with Crippen molar-refractivity contribution in [3.05, 3.63) is 22.9 Å². The Morgan fingerprint density at radius 1 is 1.36 bits per heavy atom. The molecular weight excluding hydrogens is 148 g/mol. The molecule has 0 heterocycles. The van der Waals surface area contributed by atoms with Crippen LogP contribution in [0.25, 0.3) is 0 Å². The van der Waals surface area contributed by atoms with Crippen LogP contribution in [-0.2, 0) is 0 Å². The second kappa shape index (κ2) is 3.40. The first kappa shape index (κ1) is 8.79. The van der Waals surface area contributed by atoms with E-state index in [1.54, 1.807) is 10.8 Å². The summed E-state index contributed by atoms with van der Waals surface area (Å²) >= 11 is 0. The second-order valence-electron chi connectivity index (χ2n) is 3.68. The molecule has 0 bridgehead atoms. The van der Waals surface area contributed by atoms with Crippen LogP contribution in [-0.4, -0.2) is 8.80 Å². The minimum Gasteiger partial charge on any atom is -0.0787 e. The summed E-state index contributed by atoms with van der Waals surface area (Å²) < 4.78 is 0. The summed E-state index contributed by atoms with van der Waals surface area (Å²) in [6.07, 6.45) is 6.10. The first-order valence-electron chi connectivity index (χ1n) is 4.58. The topological polar surface area (TPSA) is 0 Å². The molecule has 0 aromatic heterocycles. The zero-order chi connectivity index (χ0) is 8.43. The maximum atomic E-state index is 2.45. The molecule has 0 aromatic carbocycles. The molecule has 62 valence electrons. The Balaban J connectivity index is 2.80. The predicted molar refractivity (Wildman–Crippen MR) is 54.5 cm³/mol. The van der Waals surface area contributed by atoms with Crippen molar-refractivity contribution in [2.24, 2.45) is 5.92 Å². The van der Waals surface area contributed by atoms with Crippen molar-refractivity contribution in [1.82, 2.24) is 0 Å². The van der Waals surface area contributed by atoms with Gasteiger partial charge in [-0.2, -0.15) is 0 Å². The van der Waals surface area contributed by atoms with Crippen molar-refractivity contribution < 1.29 is 0 Å². The first-order chi connectivity index (χ1) is 5.15. The Labute approximate surface area is 71.6 Å². The SMILES string of the molecule is CCC1=CC(C)C=C1[SiH](C)C. The molecule has 0 N–H and O–H groups in total. The van der Waals surface area contributed by atoms with Crippen LogP contribution in [0.1, 0.15) is 20.3 Å². The van der Waals surface area contributed by atoms with E-state index < -0.39 is 8.80 Å². The normalized spacial score (nSPS) is 23.9. The lowest BCUT2D eigenvalue weighted by Crippen LogP contribution is -2.05. The molecular formula is C10H18Si. The van der Waals surface area contributed by atoms with E-state index in [9.17, 15) is 0 Å². The molecule has 0 fully saturated rings. The Morgan fingerprint density at radius 2 is 2.00 bits per heavy atom. The van der Waals surface area contributed by atoms with Gasteiger partial charge < -0.3 is 0 Å². The van der Waals surface area contributed by atoms with Gasteiger partial charge in [0.1, 0.15) is 0 Å². The molecule has 0 saturated heterocycles.